The van der Waals surface area contributed by atoms with Gasteiger partial charge in [-0.25, -0.2) is 0 Å². The maximum absolute atomic E-state index is 10.3. The van der Waals surface area contributed by atoms with Gasteiger partial charge in [-0.1, -0.05) is 6.08 Å². The Morgan fingerprint density at radius 2 is 2.20 bits per heavy atom. The highest BCUT2D eigenvalue weighted by atomic mass is 16.2. The van der Waals surface area contributed by atoms with Crippen LogP contribution in [0.4, 0.5) is 0 Å². The molecule has 0 aliphatic rings. The fourth-order valence-corrected chi connectivity index (χ4v) is 0.623. The van der Waals surface area contributed by atoms with E-state index in [4.69, 9.17) is 5.11 Å². The first-order chi connectivity index (χ1) is 4.77. The van der Waals surface area contributed by atoms with Crippen molar-refractivity contribution in [1.82, 2.24) is 0 Å². The van der Waals surface area contributed by atoms with Crippen LogP contribution in [0.25, 0.3) is 0 Å². The molecule has 0 aromatic carbocycles. The third kappa shape index (κ3) is 7.37. The van der Waals surface area contributed by atoms with Crippen molar-refractivity contribution in [2.75, 3.05) is 6.61 Å². The molecule has 0 spiro atoms. The third-order valence-corrected chi connectivity index (χ3v) is 1.13. The van der Waals surface area contributed by atoms with Crippen molar-refractivity contribution in [1.29, 1.82) is 0 Å². The summed E-state index contributed by atoms with van der Waals surface area (Å²) >= 11 is 0. The number of aliphatic hydroxyl groups excluding tert-OH is 1. The minimum absolute atomic E-state index is 0.0870. The largest absolute Gasteiger partial charge is 0.396 e. The second-order valence-corrected chi connectivity index (χ2v) is 2.23. The van der Waals surface area contributed by atoms with Crippen LogP contribution in [0, 0.1) is 0 Å². The van der Waals surface area contributed by atoms with Gasteiger partial charge < -0.3 is 5.11 Å². The Labute approximate surface area is 61.6 Å². The van der Waals surface area contributed by atoms with Crippen LogP contribution in [0.2, 0.25) is 0 Å². The maximum Gasteiger partial charge on any atom is 0.152 e. The smallest absolute Gasteiger partial charge is 0.152 e. The quantitative estimate of drug-likeness (QED) is 0.464. The normalized spacial score (nSPS) is 10.6. The lowest BCUT2D eigenvalue weighted by molar-refractivity contribution is -0.112. The molecule has 58 valence electrons. The van der Waals surface area contributed by atoms with E-state index in [1.807, 2.05) is 6.08 Å². The molecule has 0 amide bonds. The zero-order valence-corrected chi connectivity index (χ0v) is 6.34. The number of carbonyl (C=O) groups excluding carboxylic acids is 1. The van der Waals surface area contributed by atoms with E-state index in [1.54, 1.807) is 6.08 Å². The van der Waals surface area contributed by atoms with Gasteiger partial charge in [-0.2, -0.15) is 0 Å². The SMILES string of the molecule is CC(=O)C=CCCCCO. The van der Waals surface area contributed by atoms with Crippen molar-refractivity contribution < 1.29 is 9.90 Å². The molecular formula is C8H14O2. The first-order valence-corrected chi connectivity index (χ1v) is 3.55. The van der Waals surface area contributed by atoms with Gasteiger partial charge in [0.15, 0.2) is 5.78 Å². The van der Waals surface area contributed by atoms with Crippen molar-refractivity contribution in [3.05, 3.63) is 12.2 Å². The Hall–Kier alpha value is -0.630. The summed E-state index contributed by atoms with van der Waals surface area (Å²) in [5, 5.41) is 8.38. The first kappa shape index (κ1) is 9.37. The number of hydrogen-bond acceptors (Lipinski definition) is 2. The predicted octanol–water partition coefficient (Wildman–Crippen LogP) is 1.29. The maximum atomic E-state index is 10.3. The van der Waals surface area contributed by atoms with Crippen molar-refractivity contribution in [2.24, 2.45) is 0 Å². The zero-order chi connectivity index (χ0) is 7.82. The minimum atomic E-state index is 0.0870. The summed E-state index contributed by atoms with van der Waals surface area (Å²) in [5.41, 5.74) is 0. The zero-order valence-electron chi connectivity index (χ0n) is 6.34. The fourth-order valence-electron chi connectivity index (χ4n) is 0.623. The summed E-state index contributed by atoms with van der Waals surface area (Å²) in [6, 6.07) is 0. The van der Waals surface area contributed by atoms with Gasteiger partial charge in [0.1, 0.15) is 0 Å². The lowest BCUT2D eigenvalue weighted by Crippen LogP contribution is -1.82. The lowest BCUT2D eigenvalue weighted by Gasteiger charge is -1.89. The highest BCUT2D eigenvalue weighted by molar-refractivity contribution is 5.87. The number of hydrogen-bond donors (Lipinski definition) is 1. The van der Waals surface area contributed by atoms with E-state index in [0.29, 0.717) is 0 Å². The van der Waals surface area contributed by atoms with Gasteiger partial charge in [0.05, 0.1) is 0 Å². The molecule has 0 saturated carbocycles. The van der Waals surface area contributed by atoms with Crippen LogP contribution in [0.15, 0.2) is 12.2 Å². The first-order valence-electron chi connectivity index (χ1n) is 3.55. The number of ketones is 1. The molecule has 0 bridgehead atoms. The van der Waals surface area contributed by atoms with E-state index in [9.17, 15) is 4.79 Å². The molecule has 2 nitrogen and oxygen atoms in total. The average Bonchev–Trinajstić information content (AvgIpc) is 1.87. The van der Waals surface area contributed by atoms with Crippen molar-refractivity contribution >= 4 is 5.78 Å². The highest BCUT2D eigenvalue weighted by Gasteiger charge is 1.83. The average molecular weight is 142 g/mol. The Balaban J connectivity index is 3.10. The molecule has 2 heteroatoms. The summed E-state index contributed by atoms with van der Waals surface area (Å²) in [7, 11) is 0. The summed E-state index contributed by atoms with van der Waals surface area (Å²) in [5.74, 6) is 0.0870. The number of aliphatic hydroxyl groups is 1. The van der Waals surface area contributed by atoms with Crippen LogP contribution in [0.1, 0.15) is 26.2 Å². The van der Waals surface area contributed by atoms with Gasteiger partial charge in [-0.05, 0) is 32.3 Å². The molecule has 0 fully saturated rings. The van der Waals surface area contributed by atoms with E-state index >= 15 is 0 Å². The molecule has 0 aromatic heterocycles. The standard InChI is InChI=1S/C8H14O2/c1-8(10)6-4-2-3-5-7-9/h4,6,9H,2-3,5,7H2,1H3. The number of unbranched alkanes of at least 4 members (excludes halogenated alkanes) is 2. The molecule has 0 heterocycles. The summed E-state index contributed by atoms with van der Waals surface area (Å²) in [4.78, 5) is 10.3. The van der Waals surface area contributed by atoms with E-state index in [0.717, 1.165) is 19.3 Å². The van der Waals surface area contributed by atoms with Crippen LogP contribution in [-0.4, -0.2) is 17.5 Å². The van der Waals surface area contributed by atoms with Crippen LogP contribution in [-0.2, 0) is 4.79 Å². The second-order valence-electron chi connectivity index (χ2n) is 2.23. The summed E-state index contributed by atoms with van der Waals surface area (Å²) < 4.78 is 0. The van der Waals surface area contributed by atoms with Gasteiger partial charge in [-0.3, -0.25) is 4.79 Å². The van der Waals surface area contributed by atoms with Crippen LogP contribution in [0.3, 0.4) is 0 Å². The molecule has 0 radical (unpaired) electrons. The molecule has 0 unspecified atom stereocenters. The van der Waals surface area contributed by atoms with Gasteiger partial charge in [0, 0.05) is 6.61 Å². The second kappa shape index (κ2) is 6.49. The van der Waals surface area contributed by atoms with Crippen LogP contribution in [0.5, 0.6) is 0 Å². The summed E-state index contributed by atoms with van der Waals surface area (Å²) in [6.07, 6.45) is 6.08. The molecule has 0 aromatic rings. The molecule has 0 atom stereocenters. The van der Waals surface area contributed by atoms with Crippen LogP contribution >= 0.6 is 0 Å². The van der Waals surface area contributed by atoms with E-state index in [1.165, 1.54) is 6.92 Å². The molecule has 1 N–H and O–H groups in total. The van der Waals surface area contributed by atoms with Crippen molar-refractivity contribution in [3.8, 4) is 0 Å². The monoisotopic (exact) mass is 142 g/mol. The molecule has 0 rings (SSSR count). The topological polar surface area (TPSA) is 37.3 Å². The Morgan fingerprint density at radius 3 is 2.70 bits per heavy atom. The molecule has 0 aliphatic carbocycles. The Morgan fingerprint density at radius 1 is 1.50 bits per heavy atom. The molecule has 0 saturated heterocycles. The fraction of sp³-hybridized carbons (Fsp3) is 0.625. The number of allylic oxidation sites excluding steroid dienone is 2. The molecule has 0 aliphatic heterocycles. The van der Waals surface area contributed by atoms with Crippen molar-refractivity contribution in [2.45, 2.75) is 26.2 Å². The van der Waals surface area contributed by atoms with E-state index < -0.39 is 0 Å². The van der Waals surface area contributed by atoms with Gasteiger partial charge in [0.2, 0.25) is 0 Å². The Bertz CT molecular complexity index is 116. The Kier molecular flexibility index (Phi) is 6.08. The highest BCUT2D eigenvalue weighted by Crippen LogP contribution is 1.94. The van der Waals surface area contributed by atoms with Gasteiger partial charge in [0.25, 0.3) is 0 Å². The predicted molar refractivity (Wildman–Crippen MR) is 40.8 cm³/mol. The number of rotatable bonds is 5. The van der Waals surface area contributed by atoms with E-state index in [-0.39, 0.29) is 12.4 Å². The molecule has 10 heavy (non-hydrogen) atoms. The van der Waals surface area contributed by atoms with Gasteiger partial charge in [-0.15, -0.1) is 0 Å². The third-order valence-electron chi connectivity index (χ3n) is 1.13. The van der Waals surface area contributed by atoms with Crippen LogP contribution < -0.4 is 0 Å². The molecular weight excluding hydrogens is 128 g/mol. The van der Waals surface area contributed by atoms with E-state index in [2.05, 4.69) is 0 Å². The van der Waals surface area contributed by atoms with Gasteiger partial charge >= 0.3 is 0 Å². The minimum Gasteiger partial charge on any atom is -0.396 e. The summed E-state index contributed by atoms with van der Waals surface area (Å²) in [6.45, 7) is 1.77. The number of carbonyl (C=O) groups is 1. The van der Waals surface area contributed by atoms with Crippen molar-refractivity contribution in [3.63, 3.8) is 0 Å². The lowest BCUT2D eigenvalue weighted by atomic mass is 10.2.